The lowest BCUT2D eigenvalue weighted by Crippen LogP contribution is -2.38. The van der Waals surface area contributed by atoms with Crippen LogP contribution in [0.3, 0.4) is 0 Å². The number of hydrogen-bond donors (Lipinski definition) is 0. The van der Waals surface area contributed by atoms with Crippen LogP contribution in [0, 0.1) is 13.8 Å². The summed E-state index contributed by atoms with van der Waals surface area (Å²) in [6.07, 6.45) is -4.44. The zero-order valence-electron chi connectivity index (χ0n) is 17.2. The van der Waals surface area contributed by atoms with Crippen molar-refractivity contribution in [3.8, 4) is 0 Å². The lowest BCUT2D eigenvalue weighted by atomic mass is 10.1. The van der Waals surface area contributed by atoms with E-state index in [-0.39, 0.29) is 50.8 Å². The molecule has 12 heteroatoms. The van der Waals surface area contributed by atoms with Gasteiger partial charge in [-0.25, -0.2) is 9.50 Å². The van der Waals surface area contributed by atoms with Crippen molar-refractivity contribution in [3.63, 3.8) is 0 Å². The number of nitrogens with zero attached hydrogens (tertiary/aromatic N) is 5. The first kappa shape index (κ1) is 23.5. The Morgan fingerprint density at radius 2 is 1.90 bits per heavy atom. The zero-order chi connectivity index (χ0) is 22.5. The number of aromatic nitrogens is 4. The van der Waals surface area contributed by atoms with Crippen LogP contribution in [0.4, 0.5) is 13.2 Å². The summed E-state index contributed by atoms with van der Waals surface area (Å²) < 4.78 is 49.6. The highest BCUT2D eigenvalue weighted by Gasteiger charge is 2.37. The molecule has 2 heterocycles. The van der Waals surface area contributed by atoms with Gasteiger partial charge in [-0.1, -0.05) is 0 Å². The summed E-state index contributed by atoms with van der Waals surface area (Å²) in [6, 6.07) is 0. The smallest absolute Gasteiger partial charge is 0.453 e. The van der Waals surface area contributed by atoms with Crippen LogP contribution in [0.25, 0.3) is 5.78 Å². The summed E-state index contributed by atoms with van der Waals surface area (Å²) in [6.45, 7) is 5.35. The average molecular weight is 431 g/mol. The lowest BCUT2D eigenvalue weighted by molar-refractivity contribution is -0.149. The molecule has 2 aromatic rings. The highest BCUT2D eigenvalue weighted by atomic mass is 19.4. The van der Waals surface area contributed by atoms with Crippen molar-refractivity contribution >= 4 is 17.7 Å². The van der Waals surface area contributed by atoms with Gasteiger partial charge >= 0.3 is 12.1 Å². The zero-order valence-corrected chi connectivity index (χ0v) is 17.2. The fourth-order valence-electron chi connectivity index (χ4n) is 2.94. The topological polar surface area (TPSA) is 98.9 Å². The minimum atomic E-state index is -4.68. The van der Waals surface area contributed by atoms with Crippen LogP contribution in [-0.2, 0) is 31.7 Å². The molecule has 0 saturated heterocycles. The van der Waals surface area contributed by atoms with Gasteiger partial charge in [-0.3, -0.25) is 9.59 Å². The normalized spacial score (nSPS) is 11.7. The molecular weight excluding hydrogens is 407 g/mol. The van der Waals surface area contributed by atoms with Gasteiger partial charge in [0.1, 0.15) is 6.54 Å². The molecule has 0 atom stereocenters. The molecule has 0 radical (unpaired) electrons. The van der Waals surface area contributed by atoms with Gasteiger partial charge in [0.25, 0.3) is 11.6 Å². The molecule has 0 unspecified atom stereocenters. The summed E-state index contributed by atoms with van der Waals surface area (Å²) >= 11 is 0. The molecule has 0 aliphatic rings. The predicted octanol–water partition coefficient (Wildman–Crippen LogP) is 1.73. The minimum Gasteiger partial charge on any atom is -0.465 e. The van der Waals surface area contributed by atoms with Crippen molar-refractivity contribution in [1.29, 1.82) is 0 Å². The molecule has 0 aliphatic carbocycles. The van der Waals surface area contributed by atoms with Crippen molar-refractivity contribution in [1.82, 2.24) is 24.5 Å². The number of methoxy groups -OCH3 is 1. The number of fused-ring (bicyclic) bond motifs is 1. The SMILES string of the molecule is CCOC(=O)CN(CCOC)C(=O)CCc1c(C)nc2nc(C(F)(F)F)nn2c1C. The average Bonchev–Trinajstić information content (AvgIpc) is 3.09. The molecule has 30 heavy (non-hydrogen) atoms. The van der Waals surface area contributed by atoms with Gasteiger partial charge < -0.3 is 14.4 Å². The monoisotopic (exact) mass is 431 g/mol. The Hall–Kier alpha value is -2.76. The van der Waals surface area contributed by atoms with E-state index in [0.717, 1.165) is 4.52 Å². The van der Waals surface area contributed by atoms with Crippen molar-refractivity contribution in [3.05, 3.63) is 22.8 Å². The summed E-state index contributed by atoms with van der Waals surface area (Å²) in [4.78, 5) is 33.2. The van der Waals surface area contributed by atoms with Crippen molar-refractivity contribution in [2.75, 3.05) is 33.4 Å². The van der Waals surface area contributed by atoms with Gasteiger partial charge in [-0.05, 0) is 32.8 Å². The standard InChI is InChI=1S/C18H24F3N5O4/c1-5-30-15(28)10-25(8-9-29-4)14(27)7-6-13-11(2)22-17-23-16(18(19,20)21)24-26(17)12(13)3/h5-10H2,1-4H3. The van der Waals surface area contributed by atoms with Crippen molar-refractivity contribution in [2.45, 2.75) is 39.8 Å². The molecule has 0 fully saturated rings. The maximum absolute atomic E-state index is 12.9. The second-order valence-electron chi connectivity index (χ2n) is 6.52. The van der Waals surface area contributed by atoms with Crippen LogP contribution < -0.4 is 0 Å². The van der Waals surface area contributed by atoms with Gasteiger partial charge in [0.2, 0.25) is 5.91 Å². The quantitative estimate of drug-likeness (QED) is 0.558. The second-order valence-corrected chi connectivity index (χ2v) is 6.52. The van der Waals surface area contributed by atoms with E-state index >= 15 is 0 Å². The van der Waals surface area contributed by atoms with Gasteiger partial charge in [0, 0.05) is 31.5 Å². The molecule has 0 spiro atoms. The number of carbonyl (C=O) groups excluding carboxylic acids is 2. The minimum absolute atomic E-state index is 0.0266. The van der Waals surface area contributed by atoms with Gasteiger partial charge in [-0.15, -0.1) is 5.10 Å². The number of halogens is 3. The summed E-state index contributed by atoms with van der Waals surface area (Å²) in [7, 11) is 1.48. The van der Waals surface area contributed by atoms with Crippen LogP contribution in [-0.4, -0.2) is 69.8 Å². The first-order valence-corrected chi connectivity index (χ1v) is 9.30. The van der Waals surface area contributed by atoms with E-state index in [2.05, 4.69) is 15.1 Å². The Morgan fingerprint density at radius 1 is 1.20 bits per heavy atom. The van der Waals surface area contributed by atoms with Crippen molar-refractivity contribution < 1.29 is 32.2 Å². The van der Waals surface area contributed by atoms with Gasteiger partial charge in [0.05, 0.1) is 13.2 Å². The number of aryl methyl sites for hydroxylation is 2. The summed E-state index contributed by atoms with van der Waals surface area (Å²) in [5, 5.41) is 3.49. The van der Waals surface area contributed by atoms with Crippen LogP contribution >= 0.6 is 0 Å². The van der Waals surface area contributed by atoms with Crippen LogP contribution in [0.5, 0.6) is 0 Å². The third kappa shape index (κ3) is 5.65. The number of alkyl halides is 3. The van der Waals surface area contributed by atoms with Crippen LogP contribution in [0.2, 0.25) is 0 Å². The molecule has 0 N–H and O–H groups in total. The predicted molar refractivity (Wildman–Crippen MR) is 98.7 cm³/mol. The van der Waals surface area contributed by atoms with E-state index in [1.165, 1.54) is 12.0 Å². The van der Waals surface area contributed by atoms with E-state index in [1.807, 2.05) is 0 Å². The van der Waals surface area contributed by atoms with Gasteiger partial charge in [-0.2, -0.15) is 18.2 Å². The van der Waals surface area contributed by atoms with Crippen LogP contribution in [0.1, 0.15) is 36.1 Å². The Balaban J connectivity index is 2.19. The third-order valence-electron chi connectivity index (χ3n) is 4.43. The molecule has 0 bridgehead atoms. The Bertz CT molecular complexity index is 913. The molecule has 0 saturated carbocycles. The van der Waals surface area contributed by atoms with E-state index in [1.54, 1.807) is 20.8 Å². The molecule has 1 amide bonds. The number of esters is 1. The maximum atomic E-state index is 12.9. The first-order valence-electron chi connectivity index (χ1n) is 9.30. The highest BCUT2D eigenvalue weighted by molar-refractivity contribution is 5.82. The molecule has 2 rings (SSSR count). The molecule has 2 aromatic heterocycles. The maximum Gasteiger partial charge on any atom is 0.453 e. The Labute approximate surface area is 171 Å². The summed E-state index contributed by atoms with van der Waals surface area (Å²) in [5.41, 5.74) is 1.47. The fourth-order valence-corrected chi connectivity index (χ4v) is 2.94. The number of rotatable bonds is 9. The van der Waals surface area contributed by atoms with E-state index < -0.39 is 18.0 Å². The second kappa shape index (κ2) is 9.83. The molecule has 0 aromatic carbocycles. The van der Waals surface area contributed by atoms with Crippen molar-refractivity contribution in [2.24, 2.45) is 0 Å². The lowest BCUT2D eigenvalue weighted by Gasteiger charge is -2.21. The van der Waals surface area contributed by atoms with E-state index in [0.29, 0.717) is 17.0 Å². The van der Waals surface area contributed by atoms with E-state index in [9.17, 15) is 22.8 Å². The highest BCUT2D eigenvalue weighted by Crippen LogP contribution is 2.27. The van der Waals surface area contributed by atoms with E-state index in [4.69, 9.17) is 9.47 Å². The third-order valence-corrected chi connectivity index (χ3v) is 4.43. The first-order chi connectivity index (χ1) is 14.1. The Kier molecular flexibility index (Phi) is 7.71. The number of ether oxygens (including phenoxy) is 2. The number of hydrogen-bond acceptors (Lipinski definition) is 7. The number of amides is 1. The van der Waals surface area contributed by atoms with Gasteiger partial charge in [0.15, 0.2) is 0 Å². The largest absolute Gasteiger partial charge is 0.465 e. The molecule has 0 aliphatic heterocycles. The Morgan fingerprint density at radius 3 is 2.50 bits per heavy atom. The fraction of sp³-hybridized carbons (Fsp3) is 0.611. The van der Waals surface area contributed by atoms with Crippen LogP contribution in [0.15, 0.2) is 0 Å². The molecular formula is C18H24F3N5O4. The molecule has 9 nitrogen and oxygen atoms in total. The summed E-state index contributed by atoms with van der Waals surface area (Å²) in [5.74, 6) is -2.27. The molecule has 166 valence electrons. The number of carbonyl (C=O) groups is 2.